The maximum atomic E-state index is 11.9. The Morgan fingerprint density at radius 3 is 2.26 bits per heavy atom. The number of carbonyl (C=O) groups excluding carboxylic acids is 2. The van der Waals surface area contributed by atoms with Crippen LogP contribution in [0.2, 0.25) is 10.0 Å². The minimum atomic E-state index is -0.406. The number of ketones is 2. The highest BCUT2D eigenvalue weighted by molar-refractivity contribution is 6.39. The first-order chi connectivity index (χ1) is 9.09. The fourth-order valence-electron chi connectivity index (χ4n) is 1.89. The number of benzene rings is 1. The van der Waals surface area contributed by atoms with Gasteiger partial charge in [-0.15, -0.1) is 0 Å². The highest BCUT2D eigenvalue weighted by atomic mass is 35.5. The number of rotatable bonds is 1. The van der Waals surface area contributed by atoms with Crippen LogP contribution in [0, 0.1) is 0 Å². The maximum absolute atomic E-state index is 11.9. The van der Waals surface area contributed by atoms with Crippen LogP contribution >= 0.6 is 23.2 Å². The quantitative estimate of drug-likeness (QED) is 0.806. The zero-order valence-corrected chi connectivity index (χ0v) is 10.8. The predicted molar refractivity (Wildman–Crippen MR) is 69.8 cm³/mol. The molecule has 0 radical (unpaired) electrons. The summed E-state index contributed by atoms with van der Waals surface area (Å²) in [5.41, 5.74) is 0.670. The van der Waals surface area contributed by atoms with Gasteiger partial charge in [0.1, 0.15) is 11.3 Å². The summed E-state index contributed by atoms with van der Waals surface area (Å²) in [5.74, 6) is -0.850. The van der Waals surface area contributed by atoms with Gasteiger partial charge in [0.25, 0.3) is 0 Å². The Balaban J connectivity index is 2.30. The number of nitrogens with zero attached hydrogens (tertiary/aromatic N) is 1. The first-order valence-corrected chi connectivity index (χ1v) is 6.06. The van der Waals surface area contributed by atoms with Crippen molar-refractivity contribution in [3.63, 3.8) is 0 Å². The molecule has 0 bridgehead atoms. The smallest absolute Gasteiger partial charge is 0.224 e. The molecule has 1 aliphatic carbocycles. The summed E-state index contributed by atoms with van der Waals surface area (Å²) >= 11 is 12.1. The van der Waals surface area contributed by atoms with Crippen LogP contribution in [0.25, 0.3) is 11.3 Å². The zero-order valence-electron chi connectivity index (χ0n) is 9.31. The van der Waals surface area contributed by atoms with Crippen LogP contribution in [-0.2, 0) is 0 Å². The highest BCUT2D eigenvalue weighted by Crippen LogP contribution is 2.37. The van der Waals surface area contributed by atoms with Gasteiger partial charge < -0.3 is 4.52 Å². The van der Waals surface area contributed by atoms with E-state index in [0.29, 0.717) is 15.6 Å². The monoisotopic (exact) mass is 293 g/mol. The number of hydrogen-bond acceptors (Lipinski definition) is 4. The van der Waals surface area contributed by atoms with E-state index in [0.717, 1.165) is 6.08 Å². The van der Waals surface area contributed by atoms with Gasteiger partial charge in [-0.2, -0.15) is 0 Å². The Kier molecular flexibility index (Phi) is 2.77. The average Bonchev–Trinajstić information content (AvgIpc) is 2.80. The van der Waals surface area contributed by atoms with Crippen LogP contribution in [0.1, 0.15) is 20.9 Å². The van der Waals surface area contributed by atoms with Crippen molar-refractivity contribution in [2.75, 3.05) is 0 Å². The number of allylic oxidation sites excluding steroid dienone is 2. The lowest BCUT2D eigenvalue weighted by molar-refractivity contribution is 0.0970. The minimum absolute atomic E-state index is 0.0847. The second-order valence-electron chi connectivity index (χ2n) is 3.89. The molecule has 0 fully saturated rings. The normalized spacial score (nSPS) is 13.8. The lowest BCUT2D eigenvalue weighted by atomic mass is 9.97. The van der Waals surface area contributed by atoms with Crippen LogP contribution in [0.15, 0.2) is 34.9 Å². The van der Waals surface area contributed by atoms with Crippen LogP contribution in [0.3, 0.4) is 0 Å². The van der Waals surface area contributed by atoms with E-state index in [1.54, 1.807) is 18.2 Å². The van der Waals surface area contributed by atoms with Gasteiger partial charge in [-0.1, -0.05) is 34.4 Å². The molecule has 0 unspecified atom stereocenters. The fourth-order valence-corrected chi connectivity index (χ4v) is 2.47. The maximum Gasteiger partial charge on any atom is 0.224 e. The Morgan fingerprint density at radius 2 is 1.58 bits per heavy atom. The van der Waals surface area contributed by atoms with Gasteiger partial charge in [-0.05, 0) is 24.3 Å². The van der Waals surface area contributed by atoms with Crippen LogP contribution in [0.4, 0.5) is 0 Å². The Labute approximate surface area is 117 Å². The summed E-state index contributed by atoms with van der Waals surface area (Å²) in [5, 5.41) is 4.43. The highest BCUT2D eigenvalue weighted by Gasteiger charge is 2.30. The second kappa shape index (κ2) is 4.33. The van der Waals surface area contributed by atoms with E-state index in [1.165, 1.54) is 6.08 Å². The van der Waals surface area contributed by atoms with Gasteiger partial charge in [0.05, 0.1) is 10.0 Å². The van der Waals surface area contributed by atoms with Gasteiger partial charge in [0.15, 0.2) is 5.78 Å². The summed E-state index contributed by atoms with van der Waals surface area (Å²) in [4.78, 5) is 23.5. The van der Waals surface area contributed by atoms with Crippen LogP contribution in [0.5, 0.6) is 0 Å². The summed E-state index contributed by atoms with van der Waals surface area (Å²) in [7, 11) is 0. The molecule has 1 aromatic carbocycles. The summed E-state index contributed by atoms with van der Waals surface area (Å²) < 4.78 is 4.95. The lowest BCUT2D eigenvalue weighted by Crippen LogP contribution is -2.09. The van der Waals surface area contributed by atoms with Crippen molar-refractivity contribution < 1.29 is 14.1 Å². The van der Waals surface area contributed by atoms with Crippen LogP contribution in [-0.4, -0.2) is 16.7 Å². The molecule has 2 aromatic rings. The van der Waals surface area contributed by atoms with Gasteiger partial charge in [0.2, 0.25) is 11.5 Å². The fraction of sp³-hybridized carbons (Fsp3) is 0. The van der Waals surface area contributed by atoms with Crippen molar-refractivity contribution >= 4 is 34.8 Å². The molecule has 0 amide bonds. The van der Waals surface area contributed by atoms with Crippen molar-refractivity contribution in [3.05, 3.63) is 51.7 Å². The number of fused-ring (bicyclic) bond motifs is 1. The van der Waals surface area contributed by atoms with E-state index >= 15 is 0 Å². The summed E-state index contributed by atoms with van der Waals surface area (Å²) in [6, 6.07) is 4.91. The van der Waals surface area contributed by atoms with E-state index in [2.05, 4.69) is 5.16 Å². The SMILES string of the molecule is O=C1C=CC(=O)c2c(-c3c(Cl)cccc3Cl)noc21. The topological polar surface area (TPSA) is 60.2 Å². The van der Waals surface area contributed by atoms with Gasteiger partial charge in [-0.25, -0.2) is 0 Å². The van der Waals surface area contributed by atoms with Crippen molar-refractivity contribution in [3.8, 4) is 11.3 Å². The van der Waals surface area contributed by atoms with E-state index in [4.69, 9.17) is 27.7 Å². The molecule has 1 aliphatic rings. The van der Waals surface area contributed by atoms with E-state index in [-0.39, 0.29) is 22.8 Å². The van der Waals surface area contributed by atoms with Crippen molar-refractivity contribution in [2.45, 2.75) is 0 Å². The first-order valence-electron chi connectivity index (χ1n) is 5.30. The molecule has 4 nitrogen and oxygen atoms in total. The Bertz CT molecular complexity index is 726. The second-order valence-corrected chi connectivity index (χ2v) is 4.71. The molecule has 0 saturated carbocycles. The number of aromatic nitrogens is 1. The molecule has 0 spiro atoms. The molecule has 94 valence electrons. The van der Waals surface area contributed by atoms with Gasteiger partial charge in [0, 0.05) is 5.56 Å². The zero-order chi connectivity index (χ0) is 13.6. The van der Waals surface area contributed by atoms with Crippen molar-refractivity contribution in [2.24, 2.45) is 0 Å². The minimum Gasteiger partial charge on any atom is -0.351 e. The third-order valence-corrected chi connectivity index (χ3v) is 3.38. The van der Waals surface area contributed by atoms with E-state index < -0.39 is 5.78 Å². The number of carbonyl (C=O) groups is 2. The molecular weight excluding hydrogens is 289 g/mol. The molecule has 19 heavy (non-hydrogen) atoms. The standard InChI is InChI=1S/C13H5Cl2NO3/c14-6-2-1-3-7(15)10(6)12-11-8(17)4-5-9(18)13(11)19-16-12/h1-5H. The molecule has 0 aliphatic heterocycles. The molecule has 1 aromatic heterocycles. The third-order valence-electron chi connectivity index (χ3n) is 2.75. The number of halogens is 2. The summed E-state index contributed by atoms with van der Waals surface area (Å²) in [6.45, 7) is 0. The van der Waals surface area contributed by atoms with E-state index in [1.807, 2.05) is 0 Å². The molecule has 0 atom stereocenters. The first kappa shape index (κ1) is 12.1. The van der Waals surface area contributed by atoms with E-state index in [9.17, 15) is 9.59 Å². The molecule has 0 saturated heterocycles. The average molecular weight is 294 g/mol. The predicted octanol–water partition coefficient (Wildman–Crippen LogP) is 3.58. The molecule has 3 rings (SSSR count). The summed E-state index contributed by atoms with van der Waals surface area (Å²) in [6.07, 6.45) is 2.32. The van der Waals surface area contributed by atoms with Crippen LogP contribution < -0.4 is 0 Å². The Morgan fingerprint density at radius 1 is 0.947 bits per heavy atom. The van der Waals surface area contributed by atoms with Crippen molar-refractivity contribution in [1.82, 2.24) is 5.16 Å². The molecule has 6 heteroatoms. The van der Waals surface area contributed by atoms with Crippen molar-refractivity contribution in [1.29, 1.82) is 0 Å². The largest absolute Gasteiger partial charge is 0.351 e. The van der Waals surface area contributed by atoms with Gasteiger partial charge in [-0.3, -0.25) is 9.59 Å². The van der Waals surface area contributed by atoms with Gasteiger partial charge >= 0.3 is 0 Å². The number of hydrogen-bond donors (Lipinski definition) is 0. The third kappa shape index (κ3) is 1.80. The molecular formula is C13H5Cl2NO3. The molecule has 1 heterocycles. The lowest BCUT2D eigenvalue weighted by Gasteiger charge is -2.06. The Hall–Kier alpha value is -1.91. The molecule has 0 N–H and O–H groups in total.